The molecule has 0 amide bonds. The molecule has 1 atom stereocenters. The summed E-state index contributed by atoms with van der Waals surface area (Å²) in [4.78, 5) is 5.12. The monoisotopic (exact) mass is 302 g/mol. The highest BCUT2D eigenvalue weighted by molar-refractivity contribution is 8.22. The van der Waals surface area contributed by atoms with Gasteiger partial charge in [0.05, 0.1) is 12.5 Å². The van der Waals surface area contributed by atoms with Crippen LogP contribution in [0.5, 0.6) is 0 Å². The number of rotatable bonds is 3. The zero-order chi connectivity index (χ0) is 12.4. The maximum Gasteiger partial charge on any atom is 0.138 e. The first kappa shape index (κ1) is 13.5. The minimum atomic E-state index is 0.740. The normalized spacial score (nSPS) is 31.4. The average Bonchev–Trinajstić information content (AvgIpc) is 3.04. The van der Waals surface area contributed by atoms with Crippen LogP contribution in [0.4, 0.5) is 0 Å². The van der Waals surface area contributed by atoms with E-state index < -0.39 is 0 Å². The van der Waals surface area contributed by atoms with Crippen molar-refractivity contribution in [3.8, 4) is 0 Å². The SMILES string of the molecule is S=C1SCN(CC2CCCS2)CN1C1CCCC1. The number of nitrogens with zero attached hydrogens (tertiary/aromatic N) is 2. The zero-order valence-corrected chi connectivity index (χ0v) is 13.3. The van der Waals surface area contributed by atoms with Gasteiger partial charge in [-0.3, -0.25) is 4.90 Å². The standard InChI is InChI=1S/C13H22N2S3/c16-13-15(11-4-1-2-5-11)9-14(10-18-13)8-12-6-3-7-17-12/h11-12H,1-10H2. The molecule has 0 aromatic heterocycles. The van der Waals surface area contributed by atoms with Gasteiger partial charge >= 0.3 is 0 Å². The summed E-state index contributed by atoms with van der Waals surface area (Å²) in [6, 6.07) is 0.740. The number of thiocarbonyl (C=S) groups is 1. The Labute approximate surface area is 124 Å². The van der Waals surface area contributed by atoms with Crippen LogP contribution in [0, 0.1) is 0 Å². The molecule has 0 N–H and O–H groups in total. The maximum atomic E-state index is 5.56. The molecule has 3 rings (SSSR count). The van der Waals surface area contributed by atoms with Crippen LogP contribution in [0.25, 0.3) is 0 Å². The third-order valence-corrected chi connectivity index (χ3v) is 7.15. The first-order valence-electron chi connectivity index (χ1n) is 7.10. The molecule has 1 aliphatic carbocycles. The second kappa shape index (κ2) is 6.33. The van der Waals surface area contributed by atoms with Crippen LogP contribution in [0.2, 0.25) is 0 Å². The molecule has 0 bridgehead atoms. The van der Waals surface area contributed by atoms with Crippen molar-refractivity contribution < 1.29 is 0 Å². The van der Waals surface area contributed by atoms with E-state index in [1.54, 1.807) is 0 Å². The Morgan fingerprint density at radius 1 is 1.17 bits per heavy atom. The van der Waals surface area contributed by atoms with Gasteiger partial charge in [0.1, 0.15) is 4.32 Å². The average molecular weight is 303 g/mol. The molecule has 0 radical (unpaired) electrons. The van der Waals surface area contributed by atoms with Crippen LogP contribution in [0.15, 0.2) is 0 Å². The van der Waals surface area contributed by atoms with Crippen LogP contribution in [-0.4, -0.2) is 50.3 Å². The first-order valence-corrected chi connectivity index (χ1v) is 9.54. The fourth-order valence-corrected chi connectivity index (χ4v) is 5.74. The van der Waals surface area contributed by atoms with Gasteiger partial charge in [-0.15, -0.1) is 0 Å². The Balaban J connectivity index is 1.55. The largest absolute Gasteiger partial charge is 0.341 e. The van der Waals surface area contributed by atoms with E-state index in [4.69, 9.17) is 12.2 Å². The minimum Gasteiger partial charge on any atom is -0.341 e. The summed E-state index contributed by atoms with van der Waals surface area (Å²) in [5, 5.41) is 0.877. The van der Waals surface area contributed by atoms with Crippen molar-refractivity contribution in [3.05, 3.63) is 0 Å². The summed E-state index contributed by atoms with van der Waals surface area (Å²) >= 11 is 9.60. The van der Waals surface area contributed by atoms with E-state index in [9.17, 15) is 0 Å². The second-order valence-electron chi connectivity index (χ2n) is 5.58. The van der Waals surface area contributed by atoms with Crippen molar-refractivity contribution in [2.45, 2.75) is 49.8 Å². The molecule has 3 fully saturated rings. The smallest absolute Gasteiger partial charge is 0.138 e. The molecule has 0 spiro atoms. The third-order valence-electron chi connectivity index (χ3n) is 4.21. The van der Waals surface area contributed by atoms with E-state index in [1.807, 2.05) is 11.8 Å². The molecular weight excluding hydrogens is 280 g/mol. The summed E-state index contributed by atoms with van der Waals surface area (Å²) in [7, 11) is 0. The van der Waals surface area contributed by atoms with Crippen molar-refractivity contribution in [1.29, 1.82) is 0 Å². The lowest BCUT2D eigenvalue weighted by molar-refractivity contribution is 0.176. The molecule has 102 valence electrons. The lowest BCUT2D eigenvalue weighted by atomic mass is 10.2. The summed E-state index contributed by atoms with van der Waals surface area (Å²) in [6.07, 6.45) is 8.33. The maximum absolute atomic E-state index is 5.56. The Morgan fingerprint density at radius 2 is 2.00 bits per heavy atom. The lowest BCUT2D eigenvalue weighted by Crippen LogP contribution is -2.50. The van der Waals surface area contributed by atoms with Crippen molar-refractivity contribution in [3.63, 3.8) is 0 Å². The highest BCUT2D eigenvalue weighted by Crippen LogP contribution is 2.32. The Kier molecular flexibility index (Phi) is 4.76. The molecule has 1 saturated carbocycles. The fraction of sp³-hybridized carbons (Fsp3) is 0.923. The van der Waals surface area contributed by atoms with E-state index >= 15 is 0 Å². The molecule has 0 aromatic rings. The summed E-state index contributed by atoms with van der Waals surface area (Å²) in [5.41, 5.74) is 0. The molecule has 2 aliphatic heterocycles. The molecule has 18 heavy (non-hydrogen) atoms. The molecule has 2 saturated heterocycles. The molecule has 2 nitrogen and oxygen atoms in total. The van der Waals surface area contributed by atoms with Crippen molar-refractivity contribution >= 4 is 40.1 Å². The van der Waals surface area contributed by atoms with Crippen LogP contribution >= 0.6 is 35.7 Å². The summed E-state index contributed by atoms with van der Waals surface area (Å²) < 4.78 is 1.15. The highest BCUT2D eigenvalue weighted by Gasteiger charge is 2.31. The van der Waals surface area contributed by atoms with Gasteiger partial charge in [0, 0.05) is 17.8 Å². The molecule has 2 heterocycles. The number of hydrogen-bond acceptors (Lipinski definition) is 4. The van der Waals surface area contributed by atoms with Gasteiger partial charge in [0.2, 0.25) is 0 Å². The lowest BCUT2D eigenvalue weighted by Gasteiger charge is -2.40. The van der Waals surface area contributed by atoms with Gasteiger partial charge < -0.3 is 4.90 Å². The zero-order valence-electron chi connectivity index (χ0n) is 10.8. The van der Waals surface area contributed by atoms with E-state index in [2.05, 4.69) is 21.6 Å². The molecule has 5 heteroatoms. The molecule has 3 aliphatic rings. The van der Waals surface area contributed by atoms with Gasteiger partial charge in [-0.05, 0) is 31.4 Å². The quantitative estimate of drug-likeness (QED) is 0.735. The summed E-state index contributed by atoms with van der Waals surface area (Å²) in [5.74, 6) is 2.48. The highest BCUT2D eigenvalue weighted by atomic mass is 32.2. The van der Waals surface area contributed by atoms with Gasteiger partial charge in [0.15, 0.2) is 0 Å². The van der Waals surface area contributed by atoms with Crippen molar-refractivity contribution in [2.24, 2.45) is 0 Å². The topological polar surface area (TPSA) is 6.48 Å². The Hall–Kier alpha value is 0.550. The van der Waals surface area contributed by atoms with Crippen LogP contribution in [0.1, 0.15) is 38.5 Å². The van der Waals surface area contributed by atoms with Gasteiger partial charge in [-0.25, -0.2) is 0 Å². The van der Waals surface area contributed by atoms with Crippen LogP contribution in [0.3, 0.4) is 0 Å². The fourth-order valence-electron chi connectivity index (χ4n) is 3.21. The Bertz CT molecular complexity index is 299. The molecular formula is C13H22N2S3. The Morgan fingerprint density at radius 3 is 2.72 bits per heavy atom. The predicted molar refractivity (Wildman–Crippen MR) is 86.2 cm³/mol. The van der Waals surface area contributed by atoms with Crippen molar-refractivity contribution in [1.82, 2.24) is 9.80 Å². The van der Waals surface area contributed by atoms with E-state index in [-0.39, 0.29) is 0 Å². The second-order valence-corrected chi connectivity index (χ2v) is 8.56. The summed E-state index contributed by atoms with van der Waals surface area (Å²) in [6.45, 7) is 2.36. The predicted octanol–water partition coefficient (Wildman–Crippen LogP) is 3.38. The van der Waals surface area contributed by atoms with Crippen LogP contribution < -0.4 is 0 Å². The third kappa shape index (κ3) is 3.17. The van der Waals surface area contributed by atoms with E-state index in [0.717, 1.165) is 28.2 Å². The molecule has 1 unspecified atom stereocenters. The van der Waals surface area contributed by atoms with Gasteiger partial charge in [0.25, 0.3) is 0 Å². The van der Waals surface area contributed by atoms with Gasteiger partial charge in [-0.1, -0.05) is 36.8 Å². The molecule has 0 aromatic carbocycles. The number of hydrogen-bond donors (Lipinski definition) is 0. The minimum absolute atomic E-state index is 0.740. The van der Waals surface area contributed by atoms with E-state index in [1.165, 1.54) is 50.8 Å². The van der Waals surface area contributed by atoms with E-state index in [0.29, 0.717) is 0 Å². The van der Waals surface area contributed by atoms with Gasteiger partial charge in [-0.2, -0.15) is 11.8 Å². The number of thioether (sulfide) groups is 2. The first-order chi connectivity index (χ1) is 8.83. The van der Waals surface area contributed by atoms with Crippen molar-refractivity contribution in [2.75, 3.05) is 24.8 Å². The van der Waals surface area contributed by atoms with Crippen LogP contribution in [-0.2, 0) is 0 Å².